The molecule has 1 aromatic carbocycles. The summed E-state index contributed by atoms with van der Waals surface area (Å²) in [5, 5.41) is 4.72. The molecule has 0 amide bonds. The minimum Gasteiger partial charge on any atom is -0.486 e. The number of anilines is 1. The molecule has 1 aromatic heterocycles. The average molecular weight is 372 g/mol. The first-order chi connectivity index (χ1) is 13.2. The Balaban J connectivity index is 1.34. The van der Waals surface area contributed by atoms with Crippen molar-refractivity contribution in [1.29, 1.82) is 0 Å². The topological polar surface area (TPSA) is 52.0 Å². The van der Waals surface area contributed by atoms with Crippen molar-refractivity contribution in [1.82, 2.24) is 14.7 Å². The van der Waals surface area contributed by atoms with Gasteiger partial charge in [0.05, 0.1) is 6.61 Å². The largest absolute Gasteiger partial charge is 0.486 e. The smallest absolute Gasteiger partial charge is 0.161 e. The van der Waals surface area contributed by atoms with Crippen LogP contribution in [0.2, 0.25) is 0 Å². The van der Waals surface area contributed by atoms with Crippen LogP contribution < -0.4 is 14.4 Å². The maximum Gasteiger partial charge on any atom is 0.161 e. The van der Waals surface area contributed by atoms with E-state index in [9.17, 15) is 0 Å². The molecular formula is C20H28N4O3. The van der Waals surface area contributed by atoms with Crippen LogP contribution in [0, 0.1) is 6.92 Å². The molecule has 1 atom stereocenters. The number of rotatable bonds is 5. The number of benzene rings is 1. The van der Waals surface area contributed by atoms with Crippen molar-refractivity contribution < 1.29 is 14.2 Å². The molecular weight excluding hydrogens is 344 g/mol. The minimum atomic E-state index is 0.0765. The lowest BCUT2D eigenvalue weighted by atomic mass is 10.2. The standard InChI is InChI=1S/C20H28N4O3/c1-15-17(14-25-3)20(21-22(15)2)24-10-8-23(9-11-24)12-16-13-26-18-6-4-5-7-19(18)27-16/h4-7,16H,8-14H2,1-3H3. The van der Waals surface area contributed by atoms with Gasteiger partial charge in [0.15, 0.2) is 17.3 Å². The number of hydrogen-bond acceptors (Lipinski definition) is 6. The van der Waals surface area contributed by atoms with Crippen LogP contribution in [0.5, 0.6) is 11.5 Å². The van der Waals surface area contributed by atoms with E-state index in [0.717, 1.165) is 50.0 Å². The van der Waals surface area contributed by atoms with Gasteiger partial charge in [0.25, 0.3) is 0 Å². The third-order valence-corrected chi connectivity index (χ3v) is 5.43. The highest BCUT2D eigenvalue weighted by Gasteiger charge is 2.27. The molecule has 3 heterocycles. The molecule has 2 aromatic rings. The average Bonchev–Trinajstić information content (AvgIpc) is 2.97. The van der Waals surface area contributed by atoms with E-state index in [2.05, 4.69) is 16.7 Å². The second-order valence-corrected chi connectivity index (χ2v) is 7.23. The molecule has 1 unspecified atom stereocenters. The van der Waals surface area contributed by atoms with Crippen molar-refractivity contribution in [2.24, 2.45) is 7.05 Å². The molecule has 27 heavy (non-hydrogen) atoms. The van der Waals surface area contributed by atoms with Crippen LogP contribution in [-0.2, 0) is 18.4 Å². The molecule has 1 saturated heterocycles. The van der Waals surface area contributed by atoms with E-state index >= 15 is 0 Å². The third-order valence-electron chi connectivity index (χ3n) is 5.43. The van der Waals surface area contributed by atoms with Gasteiger partial charge < -0.3 is 19.1 Å². The Morgan fingerprint density at radius 1 is 1.15 bits per heavy atom. The fourth-order valence-corrected chi connectivity index (χ4v) is 3.79. The van der Waals surface area contributed by atoms with Crippen molar-refractivity contribution in [3.8, 4) is 11.5 Å². The van der Waals surface area contributed by atoms with Gasteiger partial charge in [0, 0.05) is 58.1 Å². The lowest BCUT2D eigenvalue weighted by Crippen LogP contribution is -2.51. The molecule has 0 spiro atoms. The fraction of sp³-hybridized carbons (Fsp3) is 0.550. The molecule has 1 fully saturated rings. The molecule has 7 heteroatoms. The second-order valence-electron chi connectivity index (χ2n) is 7.23. The highest BCUT2D eigenvalue weighted by Crippen LogP contribution is 2.31. The highest BCUT2D eigenvalue weighted by atomic mass is 16.6. The number of ether oxygens (including phenoxy) is 3. The van der Waals surface area contributed by atoms with Crippen LogP contribution in [0.15, 0.2) is 24.3 Å². The Hall–Kier alpha value is -2.25. The summed E-state index contributed by atoms with van der Waals surface area (Å²) in [7, 11) is 3.73. The normalized spacial score (nSPS) is 20.1. The number of fused-ring (bicyclic) bond motifs is 1. The number of hydrogen-bond donors (Lipinski definition) is 0. The summed E-state index contributed by atoms with van der Waals surface area (Å²) in [6.45, 7) is 8.08. The molecule has 0 saturated carbocycles. The Labute approximate surface area is 160 Å². The zero-order valence-electron chi connectivity index (χ0n) is 16.4. The first-order valence-electron chi connectivity index (χ1n) is 9.53. The van der Waals surface area contributed by atoms with E-state index in [1.54, 1.807) is 7.11 Å². The monoisotopic (exact) mass is 372 g/mol. The third kappa shape index (κ3) is 3.75. The molecule has 0 radical (unpaired) electrons. The van der Waals surface area contributed by atoms with Gasteiger partial charge in [-0.15, -0.1) is 0 Å². The van der Waals surface area contributed by atoms with E-state index < -0.39 is 0 Å². The van der Waals surface area contributed by atoms with Gasteiger partial charge in [-0.2, -0.15) is 5.10 Å². The summed E-state index contributed by atoms with van der Waals surface area (Å²) in [5.41, 5.74) is 2.36. The fourth-order valence-electron chi connectivity index (χ4n) is 3.79. The van der Waals surface area contributed by atoms with Crippen LogP contribution in [0.1, 0.15) is 11.3 Å². The number of piperazine rings is 1. The molecule has 0 N–H and O–H groups in total. The molecule has 4 rings (SSSR count). The predicted molar refractivity (Wildman–Crippen MR) is 104 cm³/mol. The molecule has 2 aliphatic rings. The summed E-state index contributed by atoms with van der Waals surface area (Å²) >= 11 is 0. The van der Waals surface area contributed by atoms with Gasteiger partial charge in [-0.3, -0.25) is 9.58 Å². The van der Waals surface area contributed by atoms with Gasteiger partial charge in [-0.1, -0.05) is 12.1 Å². The van der Waals surface area contributed by atoms with Gasteiger partial charge >= 0.3 is 0 Å². The summed E-state index contributed by atoms with van der Waals surface area (Å²) in [6.07, 6.45) is 0.0765. The van der Waals surface area contributed by atoms with Crippen LogP contribution in [0.3, 0.4) is 0 Å². The van der Waals surface area contributed by atoms with Crippen LogP contribution in [0.4, 0.5) is 5.82 Å². The maximum atomic E-state index is 6.10. The Kier molecular flexibility index (Phi) is 5.22. The second kappa shape index (κ2) is 7.78. The summed E-state index contributed by atoms with van der Waals surface area (Å²) in [4.78, 5) is 4.82. The molecule has 2 aliphatic heterocycles. The number of aryl methyl sites for hydroxylation is 1. The van der Waals surface area contributed by atoms with E-state index in [0.29, 0.717) is 13.2 Å². The van der Waals surface area contributed by atoms with E-state index in [-0.39, 0.29) is 6.10 Å². The predicted octanol–water partition coefficient (Wildman–Crippen LogP) is 1.84. The first kappa shape index (κ1) is 18.1. The molecule has 146 valence electrons. The lowest BCUT2D eigenvalue weighted by molar-refractivity contribution is 0.0570. The number of nitrogens with zero attached hydrogens (tertiary/aromatic N) is 4. The Morgan fingerprint density at radius 2 is 1.89 bits per heavy atom. The van der Waals surface area contributed by atoms with Crippen molar-refractivity contribution >= 4 is 5.82 Å². The molecule has 0 bridgehead atoms. The molecule has 7 nitrogen and oxygen atoms in total. The zero-order chi connectivity index (χ0) is 18.8. The zero-order valence-corrected chi connectivity index (χ0v) is 16.4. The van der Waals surface area contributed by atoms with Crippen LogP contribution in [0.25, 0.3) is 0 Å². The van der Waals surface area contributed by atoms with Crippen molar-refractivity contribution in [2.75, 3.05) is 51.3 Å². The van der Waals surface area contributed by atoms with E-state index in [4.69, 9.17) is 19.3 Å². The molecule has 0 aliphatic carbocycles. The van der Waals surface area contributed by atoms with Crippen molar-refractivity contribution in [3.63, 3.8) is 0 Å². The van der Waals surface area contributed by atoms with Crippen LogP contribution in [-0.4, -0.2) is 67.2 Å². The SMILES string of the molecule is COCc1c(N2CCN(CC3COc4ccccc4O3)CC2)nn(C)c1C. The Bertz CT molecular complexity index is 784. The van der Waals surface area contributed by atoms with Gasteiger partial charge in [-0.25, -0.2) is 0 Å². The van der Waals surface area contributed by atoms with Gasteiger partial charge in [0.1, 0.15) is 12.7 Å². The van der Waals surface area contributed by atoms with E-state index in [1.165, 1.54) is 11.3 Å². The highest BCUT2D eigenvalue weighted by molar-refractivity contribution is 5.49. The van der Waals surface area contributed by atoms with E-state index in [1.807, 2.05) is 36.0 Å². The maximum absolute atomic E-state index is 6.10. The van der Waals surface area contributed by atoms with Crippen molar-refractivity contribution in [3.05, 3.63) is 35.5 Å². The first-order valence-corrected chi connectivity index (χ1v) is 9.53. The van der Waals surface area contributed by atoms with Gasteiger partial charge in [-0.05, 0) is 19.1 Å². The number of aromatic nitrogens is 2. The van der Waals surface area contributed by atoms with Crippen molar-refractivity contribution in [2.45, 2.75) is 19.6 Å². The summed E-state index contributed by atoms with van der Waals surface area (Å²) in [6, 6.07) is 7.88. The summed E-state index contributed by atoms with van der Waals surface area (Å²) < 4.78 is 19.3. The number of methoxy groups -OCH3 is 1. The Morgan fingerprint density at radius 3 is 2.63 bits per heavy atom. The van der Waals surface area contributed by atoms with Gasteiger partial charge in [0.2, 0.25) is 0 Å². The quantitative estimate of drug-likeness (QED) is 0.798. The number of para-hydroxylation sites is 2. The summed E-state index contributed by atoms with van der Waals surface area (Å²) in [5.74, 6) is 2.75. The van der Waals surface area contributed by atoms with Crippen LogP contribution >= 0.6 is 0 Å². The lowest BCUT2D eigenvalue weighted by Gasteiger charge is -2.37. The minimum absolute atomic E-state index is 0.0765.